The Morgan fingerprint density at radius 3 is 2.59 bits per heavy atom. The number of carbonyl (C=O) groups excluding carboxylic acids is 3. The molecule has 0 radical (unpaired) electrons. The molecule has 2 aromatic carbocycles. The number of hydrogen-bond donors (Lipinski definition) is 3. The SMILES string of the molecule is O=C(CCC(=O)N1CCc2c(cccc2NC(=O)Nc2ccccc2)C1)Nc1nccs1. The van der Waals surface area contributed by atoms with E-state index in [9.17, 15) is 14.4 Å². The number of nitrogens with zero attached hydrogens (tertiary/aromatic N) is 2. The number of aromatic nitrogens is 1. The van der Waals surface area contributed by atoms with Gasteiger partial charge in [0.1, 0.15) is 0 Å². The van der Waals surface area contributed by atoms with E-state index in [1.165, 1.54) is 11.3 Å². The van der Waals surface area contributed by atoms with E-state index in [0.717, 1.165) is 16.8 Å². The highest BCUT2D eigenvalue weighted by atomic mass is 32.1. The predicted octanol–water partition coefficient (Wildman–Crippen LogP) is 4.09. The van der Waals surface area contributed by atoms with Crippen LogP contribution in [0.4, 0.5) is 21.3 Å². The summed E-state index contributed by atoms with van der Waals surface area (Å²) >= 11 is 1.34. The number of benzene rings is 2. The molecule has 0 atom stereocenters. The fourth-order valence-corrected chi connectivity index (χ4v) is 4.14. The van der Waals surface area contributed by atoms with Gasteiger partial charge in [-0.2, -0.15) is 0 Å². The lowest BCUT2D eigenvalue weighted by atomic mass is 9.97. The Hall–Kier alpha value is -3.72. The Labute approximate surface area is 189 Å². The van der Waals surface area contributed by atoms with Crippen molar-refractivity contribution in [3.05, 3.63) is 71.2 Å². The summed E-state index contributed by atoms with van der Waals surface area (Å²) in [6.45, 7) is 0.997. The fourth-order valence-electron chi connectivity index (χ4n) is 3.59. The Morgan fingerprint density at radius 2 is 1.81 bits per heavy atom. The molecule has 0 fully saturated rings. The van der Waals surface area contributed by atoms with Crippen LogP contribution in [-0.4, -0.2) is 34.3 Å². The van der Waals surface area contributed by atoms with Gasteiger partial charge in [0.25, 0.3) is 0 Å². The molecule has 0 unspecified atom stereocenters. The van der Waals surface area contributed by atoms with Crippen LogP contribution in [0.25, 0.3) is 0 Å². The molecule has 0 aliphatic carbocycles. The molecule has 0 saturated carbocycles. The lowest BCUT2D eigenvalue weighted by Gasteiger charge is -2.30. The summed E-state index contributed by atoms with van der Waals surface area (Å²) in [5.74, 6) is -0.285. The van der Waals surface area contributed by atoms with Crippen LogP contribution in [-0.2, 0) is 22.6 Å². The number of para-hydroxylation sites is 1. The maximum atomic E-state index is 12.6. The summed E-state index contributed by atoms with van der Waals surface area (Å²) in [4.78, 5) is 42.8. The lowest BCUT2D eigenvalue weighted by molar-refractivity contribution is -0.133. The fraction of sp³-hybridized carbons (Fsp3) is 0.217. The summed E-state index contributed by atoms with van der Waals surface area (Å²) in [6.07, 6.45) is 2.51. The Kier molecular flexibility index (Phi) is 6.76. The van der Waals surface area contributed by atoms with Crippen LogP contribution in [0.5, 0.6) is 0 Å². The van der Waals surface area contributed by atoms with E-state index >= 15 is 0 Å². The number of fused-ring (bicyclic) bond motifs is 1. The van der Waals surface area contributed by atoms with Crippen LogP contribution in [0.15, 0.2) is 60.1 Å². The maximum Gasteiger partial charge on any atom is 0.323 e. The molecule has 0 spiro atoms. The van der Waals surface area contributed by atoms with E-state index in [-0.39, 0.29) is 30.7 Å². The predicted molar refractivity (Wildman–Crippen MR) is 125 cm³/mol. The smallest absolute Gasteiger partial charge is 0.323 e. The van der Waals surface area contributed by atoms with Crippen molar-refractivity contribution in [3.63, 3.8) is 0 Å². The Bertz CT molecular complexity index is 1100. The molecule has 1 aliphatic rings. The van der Waals surface area contributed by atoms with Gasteiger partial charge in [0.2, 0.25) is 11.8 Å². The standard InChI is InChI=1S/C23H23N5O3S/c29-20(27-23-24-12-14-32-23)9-10-21(30)28-13-11-18-16(15-28)5-4-8-19(18)26-22(31)25-17-6-2-1-3-7-17/h1-8,12,14H,9-11,13,15H2,(H,24,27,29)(H2,25,26,31). The second kappa shape index (κ2) is 10.1. The first-order valence-electron chi connectivity index (χ1n) is 10.3. The van der Waals surface area contributed by atoms with E-state index in [1.54, 1.807) is 16.5 Å². The largest absolute Gasteiger partial charge is 0.338 e. The van der Waals surface area contributed by atoms with Crippen molar-refractivity contribution < 1.29 is 14.4 Å². The quantitative estimate of drug-likeness (QED) is 0.527. The first-order valence-corrected chi connectivity index (χ1v) is 11.2. The molecule has 8 nitrogen and oxygen atoms in total. The lowest BCUT2D eigenvalue weighted by Crippen LogP contribution is -2.36. The van der Waals surface area contributed by atoms with Crippen LogP contribution in [0.3, 0.4) is 0 Å². The second-order valence-electron chi connectivity index (χ2n) is 7.34. The first-order chi connectivity index (χ1) is 15.6. The number of anilines is 3. The molecule has 0 bridgehead atoms. The monoisotopic (exact) mass is 449 g/mol. The van der Waals surface area contributed by atoms with Crippen molar-refractivity contribution in [3.8, 4) is 0 Å². The summed E-state index contributed by atoms with van der Waals surface area (Å²) in [5.41, 5.74) is 3.48. The van der Waals surface area contributed by atoms with Crippen LogP contribution in [0.1, 0.15) is 24.0 Å². The normalized spacial score (nSPS) is 12.6. The molecule has 164 valence electrons. The Morgan fingerprint density at radius 1 is 0.969 bits per heavy atom. The van der Waals surface area contributed by atoms with Crippen molar-refractivity contribution in [2.45, 2.75) is 25.8 Å². The third kappa shape index (κ3) is 5.50. The number of rotatable bonds is 6. The third-order valence-corrected chi connectivity index (χ3v) is 5.83. The van der Waals surface area contributed by atoms with Crippen LogP contribution < -0.4 is 16.0 Å². The van der Waals surface area contributed by atoms with Crippen molar-refractivity contribution in [1.29, 1.82) is 0 Å². The van der Waals surface area contributed by atoms with Gasteiger partial charge in [-0.1, -0.05) is 30.3 Å². The van der Waals surface area contributed by atoms with Gasteiger partial charge in [-0.25, -0.2) is 9.78 Å². The average molecular weight is 450 g/mol. The molecular formula is C23H23N5O3S. The minimum atomic E-state index is -0.311. The molecule has 3 aromatic rings. The maximum absolute atomic E-state index is 12.6. The number of hydrogen-bond acceptors (Lipinski definition) is 5. The van der Waals surface area contributed by atoms with Crippen molar-refractivity contribution >= 4 is 45.7 Å². The van der Waals surface area contributed by atoms with Gasteiger partial charge in [-0.15, -0.1) is 11.3 Å². The summed E-state index contributed by atoms with van der Waals surface area (Å²) in [7, 11) is 0. The van der Waals surface area contributed by atoms with E-state index in [0.29, 0.717) is 30.3 Å². The summed E-state index contributed by atoms with van der Waals surface area (Å²) in [5, 5.41) is 10.7. The highest BCUT2D eigenvalue weighted by Crippen LogP contribution is 2.27. The third-order valence-electron chi connectivity index (χ3n) is 5.14. The first kappa shape index (κ1) is 21.5. The van der Waals surface area contributed by atoms with Gasteiger partial charge in [-0.05, 0) is 35.7 Å². The molecule has 4 rings (SSSR count). The van der Waals surface area contributed by atoms with Crippen molar-refractivity contribution in [2.24, 2.45) is 0 Å². The summed E-state index contributed by atoms with van der Waals surface area (Å²) < 4.78 is 0. The summed E-state index contributed by atoms with van der Waals surface area (Å²) in [6, 6.07) is 14.6. The topological polar surface area (TPSA) is 103 Å². The molecule has 4 amide bonds. The number of carbonyl (C=O) groups is 3. The molecular weight excluding hydrogens is 426 g/mol. The van der Waals surface area contributed by atoms with Gasteiger partial charge >= 0.3 is 6.03 Å². The van der Waals surface area contributed by atoms with Gasteiger partial charge in [0.05, 0.1) is 0 Å². The number of urea groups is 1. The van der Waals surface area contributed by atoms with E-state index in [1.807, 2.05) is 48.5 Å². The van der Waals surface area contributed by atoms with Crippen LogP contribution in [0, 0.1) is 0 Å². The molecule has 0 saturated heterocycles. The van der Waals surface area contributed by atoms with Crippen molar-refractivity contribution in [2.75, 3.05) is 22.5 Å². The van der Waals surface area contributed by atoms with E-state index in [2.05, 4.69) is 20.9 Å². The van der Waals surface area contributed by atoms with Crippen LogP contribution in [0.2, 0.25) is 0 Å². The average Bonchev–Trinajstić information content (AvgIpc) is 3.31. The number of thiazole rings is 1. The second-order valence-corrected chi connectivity index (χ2v) is 8.23. The minimum Gasteiger partial charge on any atom is -0.338 e. The van der Waals surface area contributed by atoms with Gasteiger partial charge in [-0.3, -0.25) is 9.59 Å². The molecule has 1 aliphatic heterocycles. The van der Waals surface area contributed by atoms with Gasteiger partial charge in [0, 0.05) is 48.9 Å². The Balaban J connectivity index is 1.32. The number of nitrogens with one attached hydrogen (secondary N) is 3. The molecule has 1 aromatic heterocycles. The zero-order valence-electron chi connectivity index (χ0n) is 17.3. The zero-order valence-corrected chi connectivity index (χ0v) is 18.2. The highest BCUT2D eigenvalue weighted by Gasteiger charge is 2.23. The van der Waals surface area contributed by atoms with E-state index < -0.39 is 0 Å². The van der Waals surface area contributed by atoms with E-state index in [4.69, 9.17) is 0 Å². The van der Waals surface area contributed by atoms with Gasteiger partial charge < -0.3 is 20.9 Å². The molecule has 3 N–H and O–H groups in total. The number of amides is 4. The van der Waals surface area contributed by atoms with Gasteiger partial charge in [0.15, 0.2) is 5.13 Å². The molecule has 32 heavy (non-hydrogen) atoms. The molecule has 9 heteroatoms. The van der Waals surface area contributed by atoms with Crippen molar-refractivity contribution in [1.82, 2.24) is 9.88 Å². The molecule has 2 heterocycles. The van der Waals surface area contributed by atoms with Crippen LogP contribution >= 0.6 is 11.3 Å². The minimum absolute atomic E-state index is 0.0647. The zero-order chi connectivity index (χ0) is 22.3. The highest BCUT2D eigenvalue weighted by molar-refractivity contribution is 7.13.